The molecule has 1 N–H and O–H groups in total. The number of nitrogens with zero attached hydrogens (tertiary/aromatic N) is 2. The van der Waals surface area contributed by atoms with E-state index in [2.05, 4.69) is 25.6 Å². The average Bonchev–Trinajstić information content (AvgIpc) is 2.95. The second-order valence-electron chi connectivity index (χ2n) is 6.30. The van der Waals surface area contributed by atoms with Gasteiger partial charge in [0, 0.05) is 25.9 Å². The minimum Gasteiger partial charge on any atom is -0.444 e. The normalized spacial score (nSPS) is 18.4. The Labute approximate surface area is 142 Å². The van der Waals surface area contributed by atoms with E-state index in [1.54, 1.807) is 4.90 Å². The van der Waals surface area contributed by atoms with Crippen molar-refractivity contribution in [2.45, 2.75) is 45.6 Å². The Morgan fingerprint density at radius 2 is 2.14 bits per heavy atom. The molecule has 1 fully saturated rings. The summed E-state index contributed by atoms with van der Waals surface area (Å²) < 4.78 is 10.6. The quantitative estimate of drug-likeness (QED) is 0.838. The Morgan fingerprint density at radius 1 is 1.45 bits per heavy atom. The Bertz CT molecular complexity index is 582. The zero-order chi connectivity index (χ0) is 16.5. The molecule has 1 unspecified atom stereocenters. The van der Waals surface area contributed by atoms with Crippen molar-refractivity contribution in [1.29, 1.82) is 0 Å². The number of hydrogen-bond acceptors (Lipinski definition) is 5. The Kier molecular flexibility index (Phi) is 5.11. The molecule has 122 valence electrons. The maximum atomic E-state index is 12.1. The van der Waals surface area contributed by atoms with Crippen LogP contribution in [0.25, 0.3) is 0 Å². The van der Waals surface area contributed by atoms with Gasteiger partial charge < -0.3 is 15.0 Å². The number of rotatable bonds is 2. The topological polar surface area (TPSA) is 71.5 Å². The number of likely N-dealkylation sites (tertiary alicyclic amines) is 1. The maximum Gasteiger partial charge on any atom is 0.410 e. The fraction of sp³-hybridized carbons (Fsp3) is 0.643. The summed E-state index contributed by atoms with van der Waals surface area (Å²) in [6.45, 7) is 8.26. The van der Waals surface area contributed by atoms with E-state index in [1.807, 2.05) is 20.8 Å². The maximum absolute atomic E-state index is 12.1. The zero-order valence-corrected chi connectivity index (χ0v) is 15.5. The predicted molar refractivity (Wildman–Crippen MR) is 89.3 cm³/mol. The number of carbonyl (C=O) groups excluding carboxylic acids is 2. The molecule has 1 aliphatic rings. The third kappa shape index (κ3) is 4.19. The van der Waals surface area contributed by atoms with Gasteiger partial charge >= 0.3 is 6.09 Å². The van der Waals surface area contributed by atoms with Gasteiger partial charge in [0.1, 0.15) is 10.6 Å². The lowest BCUT2D eigenvalue weighted by atomic mass is 10.1. The number of amides is 2. The molecular weight excluding hydrogens is 370 g/mol. The Balaban J connectivity index is 2.03. The van der Waals surface area contributed by atoms with Crippen molar-refractivity contribution >= 4 is 44.5 Å². The highest BCUT2D eigenvalue weighted by atomic mass is 79.9. The van der Waals surface area contributed by atoms with Crippen LogP contribution >= 0.6 is 27.5 Å². The molecule has 1 saturated heterocycles. The van der Waals surface area contributed by atoms with Gasteiger partial charge in [-0.1, -0.05) is 0 Å². The SMILES string of the molecule is CC(=O)Nc1snc(C2CCN(C(=O)OC(C)(C)C)C2)c1Br. The molecule has 1 atom stereocenters. The third-order valence-corrected chi connectivity index (χ3v) is 5.02. The molecule has 0 radical (unpaired) electrons. The predicted octanol–water partition coefficient (Wildman–Crippen LogP) is 3.59. The van der Waals surface area contributed by atoms with E-state index in [9.17, 15) is 9.59 Å². The van der Waals surface area contributed by atoms with Crippen LogP contribution in [0.2, 0.25) is 0 Å². The van der Waals surface area contributed by atoms with Crippen molar-refractivity contribution in [3.05, 3.63) is 10.2 Å². The summed E-state index contributed by atoms with van der Waals surface area (Å²) in [6.07, 6.45) is 0.546. The molecule has 0 saturated carbocycles. The monoisotopic (exact) mass is 389 g/mol. The second kappa shape index (κ2) is 6.54. The van der Waals surface area contributed by atoms with Crippen molar-refractivity contribution in [3.8, 4) is 0 Å². The Morgan fingerprint density at radius 3 is 2.73 bits per heavy atom. The van der Waals surface area contributed by atoms with Crippen LogP contribution in [0.3, 0.4) is 0 Å². The average molecular weight is 390 g/mol. The highest BCUT2D eigenvalue weighted by Gasteiger charge is 2.33. The first kappa shape index (κ1) is 17.2. The lowest BCUT2D eigenvalue weighted by Gasteiger charge is -2.24. The summed E-state index contributed by atoms with van der Waals surface area (Å²) in [7, 11) is 0. The molecule has 0 bridgehead atoms. The van der Waals surface area contributed by atoms with E-state index in [-0.39, 0.29) is 17.9 Å². The van der Waals surface area contributed by atoms with Crippen LogP contribution in [0, 0.1) is 0 Å². The first-order chi connectivity index (χ1) is 10.2. The van der Waals surface area contributed by atoms with Gasteiger partial charge in [-0.3, -0.25) is 4.79 Å². The molecule has 0 aromatic carbocycles. The molecule has 2 amide bonds. The standard InChI is InChI=1S/C14H20BrN3O3S/c1-8(19)16-12-10(15)11(17-22-12)9-5-6-18(7-9)13(20)21-14(2,3)4/h9H,5-7H2,1-4H3,(H,16,19). The van der Waals surface area contributed by atoms with Gasteiger partial charge in [0.05, 0.1) is 10.2 Å². The summed E-state index contributed by atoms with van der Waals surface area (Å²) in [5.74, 6) is 0.0263. The highest BCUT2D eigenvalue weighted by molar-refractivity contribution is 9.10. The molecule has 1 aromatic rings. The number of aromatic nitrogens is 1. The van der Waals surface area contributed by atoms with Crippen molar-refractivity contribution in [2.24, 2.45) is 0 Å². The van der Waals surface area contributed by atoms with Crippen LogP contribution in [-0.2, 0) is 9.53 Å². The van der Waals surface area contributed by atoms with Crippen LogP contribution in [0.4, 0.5) is 9.80 Å². The van der Waals surface area contributed by atoms with Gasteiger partial charge in [-0.25, -0.2) is 4.79 Å². The fourth-order valence-electron chi connectivity index (χ4n) is 2.26. The van der Waals surface area contributed by atoms with Crippen LogP contribution in [-0.4, -0.2) is 40.0 Å². The highest BCUT2D eigenvalue weighted by Crippen LogP contribution is 2.38. The number of carbonyl (C=O) groups is 2. The van der Waals surface area contributed by atoms with Gasteiger partial charge in [0.2, 0.25) is 5.91 Å². The van der Waals surface area contributed by atoms with Gasteiger partial charge in [-0.15, -0.1) is 0 Å². The molecule has 1 aromatic heterocycles. The summed E-state index contributed by atoms with van der Waals surface area (Å²) in [6, 6.07) is 0. The number of ether oxygens (including phenoxy) is 1. The van der Waals surface area contributed by atoms with Gasteiger partial charge in [-0.05, 0) is 54.7 Å². The van der Waals surface area contributed by atoms with Crippen molar-refractivity contribution in [2.75, 3.05) is 18.4 Å². The van der Waals surface area contributed by atoms with Crippen molar-refractivity contribution in [3.63, 3.8) is 0 Å². The third-order valence-electron chi connectivity index (χ3n) is 3.18. The van der Waals surface area contributed by atoms with E-state index in [1.165, 1.54) is 18.5 Å². The van der Waals surface area contributed by atoms with E-state index in [0.717, 1.165) is 16.6 Å². The minimum absolute atomic E-state index is 0.127. The van der Waals surface area contributed by atoms with Gasteiger partial charge in [0.15, 0.2) is 0 Å². The van der Waals surface area contributed by atoms with Crippen LogP contribution in [0.5, 0.6) is 0 Å². The molecule has 1 aliphatic heterocycles. The number of nitrogens with one attached hydrogen (secondary N) is 1. The zero-order valence-electron chi connectivity index (χ0n) is 13.1. The van der Waals surface area contributed by atoms with Crippen LogP contribution in [0.1, 0.15) is 45.7 Å². The summed E-state index contributed by atoms with van der Waals surface area (Å²) in [5.41, 5.74) is 0.398. The molecule has 2 heterocycles. The first-order valence-corrected chi connectivity index (χ1v) is 8.64. The second-order valence-corrected chi connectivity index (χ2v) is 7.87. The first-order valence-electron chi connectivity index (χ1n) is 7.08. The molecule has 0 aliphatic carbocycles. The van der Waals surface area contributed by atoms with Gasteiger partial charge in [-0.2, -0.15) is 4.37 Å². The number of hydrogen-bond donors (Lipinski definition) is 1. The molecule has 22 heavy (non-hydrogen) atoms. The summed E-state index contributed by atoms with van der Waals surface area (Å²) in [4.78, 5) is 24.9. The molecule has 0 spiro atoms. The van der Waals surface area contributed by atoms with Crippen molar-refractivity contribution < 1.29 is 14.3 Å². The number of anilines is 1. The molecular formula is C14H20BrN3O3S. The van der Waals surface area contributed by atoms with E-state index in [0.29, 0.717) is 18.1 Å². The van der Waals surface area contributed by atoms with E-state index < -0.39 is 5.60 Å². The lowest BCUT2D eigenvalue weighted by molar-refractivity contribution is -0.114. The fourth-order valence-corrected chi connectivity index (χ4v) is 3.91. The minimum atomic E-state index is -0.491. The molecule has 8 heteroatoms. The lowest BCUT2D eigenvalue weighted by Crippen LogP contribution is -2.35. The van der Waals surface area contributed by atoms with Gasteiger partial charge in [0.25, 0.3) is 0 Å². The smallest absolute Gasteiger partial charge is 0.410 e. The van der Waals surface area contributed by atoms with Crippen LogP contribution in [0.15, 0.2) is 4.47 Å². The van der Waals surface area contributed by atoms with Crippen molar-refractivity contribution in [1.82, 2.24) is 9.27 Å². The van der Waals surface area contributed by atoms with E-state index >= 15 is 0 Å². The largest absolute Gasteiger partial charge is 0.444 e. The van der Waals surface area contributed by atoms with E-state index in [4.69, 9.17) is 4.74 Å². The van der Waals surface area contributed by atoms with Crippen LogP contribution < -0.4 is 5.32 Å². The number of halogens is 1. The summed E-state index contributed by atoms with van der Waals surface area (Å²) >= 11 is 4.74. The molecule has 6 nitrogen and oxygen atoms in total. The Hall–Kier alpha value is -1.15. The molecule has 2 rings (SSSR count). The summed E-state index contributed by atoms with van der Waals surface area (Å²) in [5, 5.41) is 3.45.